The summed E-state index contributed by atoms with van der Waals surface area (Å²) in [6.45, 7) is -0.0364. The molecule has 0 bridgehead atoms. The number of sulfonamides is 1. The molecule has 0 unspecified atom stereocenters. The summed E-state index contributed by atoms with van der Waals surface area (Å²) in [5.41, 5.74) is 11.0. The summed E-state index contributed by atoms with van der Waals surface area (Å²) >= 11 is 0. The van der Waals surface area contributed by atoms with Gasteiger partial charge in [-0.1, -0.05) is 12.1 Å². The van der Waals surface area contributed by atoms with Crippen LogP contribution < -0.4 is 20.9 Å². The Labute approximate surface area is 112 Å². The first-order chi connectivity index (χ1) is 8.91. The molecular formula is C11H17N3O4S. The lowest BCUT2D eigenvalue weighted by Crippen LogP contribution is -2.31. The van der Waals surface area contributed by atoms with Gasteiger partial charge in [0, 0.05) is 13.0 Å². The standard InChI is InChI=1S/C11H17N3O4S/c12-9-3-1-2-4-10(9)18-7-8-19(16,17)14-6-5-11(13)15/h1-4,14H,5-8,12H2,(H2,13,15). The van der Waals surface area contributed by atoms with Crippen molar-refractivity contribution in [2.45, 2.75) is 6.42 Å². The zero-order valence-corrected chi connectivity index (χ0v) is 11.2. The van der Waals surface area contributed by atoms with E-state index in [-0.39, 0.29) is 25.3 Å². The molecule has 0 aliphatic carbocycles. The van der Waals surface area contributed by atoms with E-state index in [1.165, 1.54) is 0 Å². The number of para-hydroxylation sites is 2. The first-order valence-electron chi connectivity index (χ1n) is 5.63. The highest BCUT2D eigenvalue weighted by atomic mass is 32.2. The SMILES string of the molecule is NC(=O)CCNS(=O)(=O)CCOc1ccccc1N. The monoisotopic (exact) mass is 287 g/mol. The molecule has 1 amide bonds. The number of hydrogen-bond acceptors (Lipinski definition) is 5. The van der Waals surface area contributed by atoms with Crippen LogP contribution in [0.5, 0.6) is 5.75 Å². The van der Waals surface area contributed by atoms with Crippen molar-refractivity contribution in [2.24, 2.45) is 5.73 Å². The zero-order valence-electron chi connectivity index (χ0n) is 10.3. The Balaban J connectivity index is 2.35. The number of ether oxygens (including phenoxy) is 1. The summed E-state index contributed by atoms with van der Waals surface area (Å²) < 4.78 is 30.5. The smallest absolute Gasteiger partial charge is 0.218 e. The quantitative estimate of drug-likeness (QED) is 0.553. The molecule has 0 heterocycles. The summed E-state index contributed by atoms with van der Waals surface area (Å²) in [5.74, 6) is -0.342. The molecular weight excluding hydrogens is 270 g/mol. The van der Waals surface area contributed by atoms with E-state index >= 15 is 0 Å². The minimum absolute atomic E-state index is 0.00879. The van der Waals surface area contributed by atoms with E-state index in [9.17, 15) is 13.2 Å². The molecule has 5 N–H and O–H groups in total. The highest BCUT2D eigenvalue weighted by molar-refractivity contribution is 7.89. The number of nitrogen functional groups attached to an aromatic ring is 1. The molecule has 106 valence electrons. The van der Waals surface area contributed by atoms with Crippen molar-refractivity contribution in [2.75, 3.05) is 24.6 Å². The van der Waals surface area contributed by atoms with E-state index in [1.54, 1.807) is 24.3 Å². The number of primary amides is 1. The second-order valence-corrected chi connectivity index (χ2v) is 5.74. The number of hydrogen-bond donors (Lipinski definition) is 3. The molecule has 0 fully saturated rings. The van der Waals surface area contributed by atoms with E-state index in [1.807, 2.05) is 0 Å². The highest BCUT2D eigenvalue weighted by Gasteiger charge is 2.10. The maximum Gasteiger partial charge on any atom is 0.218 e. The lowest BCUT2D eigenvalue weighted by molar-refractivity contribution is -0.117. The number of carbonyl (C=O) groups is 1. The maximum atomic E-state index is 11.5. The number of amides is 1. The molecule has 1 aromatic carbocycles. The molecule has 0 spiro atoms. The van der Waals surface area contributed by atoms with Crippen molar-refractivity contribution >= 4 is 21.6 Å². The Morgan fingerprint density at radius 3 is 2.63 bits per heavy atom. The van der Waals surface area contributed by atoms with Crippen LogP contribution in [0.2, 0.25) is 0 Å². The van der Waals surface area contributed by atoms with Gasteiger partial charge in [-0.3, -0.25) is 4.79 Å². The fourth-order valence-electron chi connectivity index (χ4n) is 1.28. The van der Waals surface area contributed by atoms with Gasteiger partial charge in [0.25, 0.3) is 0 Å². The average Bonchev–Trinajstić information content (AvgIpc) is 2.30. The lowest BCUT2D eigenvalue weighted by Gasteiger charge is -2.09. The number of rotatable bonds is 8. The van der Waals surface area contributed by atoms with Gasteiger partial charge in [0.05, 0.1) is 11.4 Å². The van der Waals surface area contributed by atoms with Gasteiger partial charge >= 0.3 is 0 Å². The summed E-state index contributed by atoms with van der Waals surface area (Å²) in [5, 5.41) is 0. The normalized spacial score (nSPS) is 11.2. The third-order valence-electron chi connectivity index (χ3n) is 2.22. The molecule has 7 nitrogen and oxygen atoms in total. The van der Waals surface area contributed by atoms with Crippen molar-refractivity contribution < 1.29 is 17.9 Å². The fourth-order valence-corrected chi connectivity index (χ4v) is 2.14. The van der Waals surface area contributed by atoms with Crippen LogP contribution in [0, 0.1) is 0 Å². The van der Waals surface area contributed by atoms with Gasteiger partial charge in [0.15, 0.2) is 0 Å². The topological polar surface area (TPSA) is 125 Å². The third-order valence-corrected chi connectivity index (χ3v) is 3.57. The summed E-state index contributed by atoms with van der Waals surface area (Å²) in [6.07, 6.45) is -0.0360. The third kappa shape index (κ3) is 6.07. The van der Waals surface area contributed by atoms with Crippen molar-refractivity contribution in [3.05, 3.63) is 24.3 Å². The minimum atomic E-state index is -3.48. The minimum Gasteiger partial charge on any atom is -0.490 e. The van der Waals surface area contributed by atoms with Gasteiger partial charge in [-0.2, -0.15) is 0 Å². The van der Waals surface area contributed by atoms with Gasteiger partial charge in [-0.25, -0.2) is 13.1 Å². The lowest BCUT2D eigenvalue weighted by atomic mass is 10.3. The van der Waals surface area contributed by atoms with Crippen molar-refractivity contribution in [1.29, 1.82) is 0 Å². The van der Waals surface area contributed by atoms with Crippen LogP contribution in [-0.2, 0) is 14.8 Å². The Bertz CT molecular complexity index is 530. The van der Waals surface area contributed by atoms with Crippen LogP contribution in [0.3, 0.4) is 0 Å². The van der Waals surface area contributed by atoms with Crippen LogP contribution in [0.1, 0.15) is 6.42 Å². The second-order valence-electron chi connectivity index (χ2n) is 3.82. The molecule has 0 radical (unpaired) electrons. The molecule has 0 saturated carbocycles. The molecule has 0 aliphatic heterocycles. The predicted molar refractivity (Wildman–Crippen MR) is 72.0 cm³/mol. The Morgan fingerprint density at radius 2 is 2.00 bits per heavy atom. The summed E-state index contributed by atoms with van der Waals surface area (Å²) in [4.78, 5) is 10.5. The van der Waals surface area contributed by atoms with Crippen LogP contribution in [0.15, 0.2) is 24.3 Å². The van der Waals surface area contributed by atoms with Crippen molar-refractivity contribution in [3.8, 4) is 5.75 Å². The second kappa shape index (κ2) is 6.95. The summed E-state index contributed by atoms with van der Waals surface area (Å²) in [7, 11) is -3.48. The van der Waals surface area contributed by atoms with E-state index in [0.29, 0.717) is 11.4 Å². The Kier molecular flexibility index (Phi) is 5.58. The average molecular weight is 287 g/mol. The molecule has 0 saturated heterocycles. The van der Waals surface area contributed by atoms with E-state index < -0.39 is 15.9 Å². The number of nitrogens with two attached hydrogens (primary N) is 2. The Morgan fingerprint density at radius 1 is 1.32 bits per heavy atom. The number of anilines is 1. The highest BCUT2D eigenvalue weighted by Crippen LogP contribution is 2.19. The molecule has 0 aromatic heterocycles. The van der Waals surface area contributed by atoms with Crippen LogP contribution >= 0.6 is 0 Å². The molecule has 0 atom stereocenters. The molecule has 8 heteroatoms. The van der Waals surface area contributed by atoms with E-state index in [0.717, 1.165) is 0 Å². The van der Waals surface area contributed by atoms with Crippen LogP contribution in [0.4, 0.5) is 5.69 Å². The largest absolute Gasteiger partial charge is 0.490 e. The predicted octanol–water partition coefficient (Wildman–Crippen LogP) is -0.558. The maximum absolute atomic E-state index is 11.5. The fraction of sp³-hybridized carbons (Fsp3) is 0.364. The number of carbonyl (C=O) groups excluding carboxylic acids is 1. The zero-order chi connectivity index (χ0) is 14.3. The van der Waals surface area contributed by atoms with Crippen LogP contribution in [0.25, 0.3) is 0 Å². The van der Waals surface area contributed by atoms with Gasteiger partial charge in [-0.05, 0) is 12.1 Å². The van der Waals surface area contributed by atoms with Gasteiger partial charge < -0.3 is 16.2 Å². The molecule has 1 rings (SSSR count). The molecule has 1 aromatic rings. The van der Waals surface area contributed by atoms with Gasteiger partial charge in [0.1, 0.15) is 12.4 Å². The number of nitrogens with one attached hydrogen (secondary N) is 1. The first-order valence-corrected chi connectivity index (χ1v) is 7.29. The van der Waals surface area contributed by atoms with Crippen molar-refractivity contribution in [1.82, 2.24) is 4.72 Å². The number of benzene rings is 1. The van der Waals surface area contributed by atoms with E-state index in [4.69, 9.17) is 16.2 Å². The summed E-state index contributed by atoms with van der Waals surface area (Å²) in [6, 6.07) is 6.81. The molecule has 0 aliphatic rings. The van der Waals surface area contributed by atoms with Gasteiger partial charge in [0.2, 0.25) is 15.9 Å². The Hall–Kier alpha value is -1.80. The first kappa shape index (κ1) is 15.3. The van der Waals surface area contributed by atoms with Gasteiger partial charge in [-0.15, -0.1) is 0 Å². The van der Waals surface area contributed by atoms with E-state index in [2.05, 4.69) is 4.72 Å². The molecule has 19 heavy (non-hydrogen) atoms. The van der Waals surface area contributed by atoms with Crippen molar-refractivity contribution in [3.63, 3.8) is 0 Å². The van der Waals surface area contributed by atoms with Crippen LogP contribution in [-0.4, -0.2) is 33.2 Å².